The van der Waals surface area contributed by atoms with Gasteiger partial charge in [-0.05, 0) is 23.1 Å². The van der Waals surface area contributed by atoms with Crippen LogP contribution in [0.2, 0.25) is 0 Å². The molecule has 1 heterocycles. The van der Waals surface area contributed by atoms with Gasteiger partial charge in [-0.2, -0.15) is 0 Å². The zero-order chi connectivity index (χ0) is 12.6. The van der Waals surface area contributed by atoms with E-state index in [1.807, 2.05) is 12.1 Å². The Morgan fingerprint density at radius 3 is 2.24 bits per heavy atom. The van der Waals surface area contributed by atoms with Crippen LogP contribution in [0.4, 0.5) is 10.5 Å². The Labute approximate surface area is 111 Å². The van der Waals surface area contributed by atoms with E-state index in [2.05, 4.69) is 32.9 Å². The van der Waals surface area contributed by atoms with E-state index < -0.39 is 0 Å². The van der Waals surface area contributed by atoms with Crippen LogP contribution in [0.15, 0.2) is 24.3 Å². The molecule has 1 aromatic carbocycles. The number of carbonyl (C=O) groups excluding carboxylic acids is 1. The maximum atomic E-state index is 11.7. The van der Waals surface area contributed by atoms with Crippen molar-refractivity contribution in [1.29, 1.82) is 0 Å². The molecule has 90 valence electrons. The van der Waals surface area contributed by atoms with Crippen LogP contribution in [-0.2, 0) is 5.41 Å². The second kappa shape index (κ2) is 4.42. The predicted molar refractivity (Wildman–Crippen MR) is 78.1 cm³/mol. The molecule has 0 aromatic heterocycles. The van der Waals surface area contributed by atoms with Crippen molar-refractivity contribution >= 4 is 39.9 Å². The fraction of sp³-hybridized carbons (Fsp3) is 0.385. The highest BCUT2D eigenvalue weighted by Gasteiger charge is 2.28. The van der Waals surface area contributed by atoms with Crippen LogP contribution in [0.25, 0.3) is 0 Å². The summed E-state index contributed by atoms with van der Waals surface area (Å²) in [4.78, 5) is 14.0. The smallest absolute Gasteiger partial charge is 0.265 e. The SMILES string of the molecule is CC(C)(C)c1ccc(N2C(=O)SCC2=S)cc1. The Hall–Kier alpha value is -0.870. The summed E-state index contributed by atoms with van der Waals surface area (Å²) < 4.78 is 0. The van der Waals surface area contributed by atoms with Gasteiger partial charge < -0.3 is 0 Å². The molecule has 1 amide bonds. The summed E-state index contributed by atoms with van der Waals surface area (Å²) in [7, 11) is 0. The van der Waals surface area contributed by atoms with Gasteiger partial charge in [0, 0.05) is 0 Å². The lowest BCUT2D eigenvalue weighted by atomic mass is 9.87. The van der Waals surface area contributed by atoms with Crippen LogP contribution in [0.1, 0.15) is 26.3 Å². The van der Waals surface area contributed by atoms with E-state index in [-0.39, 0.29) is 10.7 Å². The highest BCUT2D eigenvalue weighted by atomic mass is 32.2. The molecule has 1 aromatic rings. The summed E-state index contributed by atoms with van der Waals surface area (Å²) in [5.74, 6) is 0.620. The van der Waals surface area contributed by atoms with E-state index in [1.165, 1.54) is 17.3 Å². The van der Waals surface area contributed by atoms with Gasteiger partial charge in [0.1, 0.15) is 4.99 Å². The maximum absolute atomic E-state index is 11.7. The number of hydrogen-bond acceptors (Lipinski definition) is 3. The number of anilines is 1. The minimum atomic E-state index is 0.0264. The highest BCUT2D eigenvalue weighted by molar-refractivity contribution is 8.16. The summed E-state index contributed by atoms with van der Waals surface area (Å²) in [6.45, 7) is 6.51. The zero-order valence-corrected chi connectivity index (χ0v) is 11.8. The number of nitrogens with zero attached hydrogens (tertiary/aromatic N) is 1. The summed E-state index contributed by atoms with van der Waals surface area (Å²) in [6, 6.07) is 8.07. The Morgan fingerprint density at radius 1 is 1.24 bits per heavy atom. The van der Waals surface area contributed by atoms with Gasteiger partial charge in [-0.25, -0.2) is 0 Å². The first-order chi connectivity index (χ1) is 7.89. The predicted octanol–water partition coefficient (Wildman–Crippen LogP) is 3.98. The highest BCUT2D eigenvalue weighted by Crippen LogP contribution is 2.29. The topological polar surface area (TPSA) is 20.3 Å². The summed E-state index contributed by atoms with van der Waals surface area (Å²) in [5, 5.41) is 0.0264. The number of carbonyl (C=O) groups is 1. The molecule has 0 unspecified atom stereocenters. The standard InChI is InChI=1S/C13H15NOS2/c1-13(2,3)9-4-6-10(7-5-9)14-11(16)8-17-12(14)15/h4-7H,8H2,1-3H3. The van der Waals surface area contributed by atoms with E-state index in [0.29, 0.717) is 10.7 Å². The van der Waals surface area contributed by atoms with Crippen LogP contribution in [0.3, 0.4) is 0 Å². The van der Waals surface area contributed by atoms with E-state index in [9.17, 15) is 4.79 Å². The van der Waals surface area contributed by atoms with Crippen molar-refractivity contribution in [1.82, 2.24) is 0 Å². The molecule has 2 rings (SSSR count). The summed E-state index contributed by atoms with van der Waals surface area (Å²) in [5.41, 5.74) is 2.26. The Kier molecular flexibility index (Phi) is 3.27. The van der Waals surface area contributed by atoms with Gasteiger partial charge in [0.2, 0.25) is 0 Å². The van der Waals surface area contributed by atoms with Crippen LogP contribution in [-0.4, -0.2) is 16.0 Å². The van der Waals surface area contributed by atoms with Crippen molar-refractivity contribution in [3.8, 4) is 0 Å². The lowest BCUT2D eigenvalue weighted by Crippen LogP contribution is -2.26. The number of thioether (sulfide) groups is 1. The fourth-order valence-electron chi connectivity index (χ4n) is 1.71. The van der Waals surface area contributed by atoms with Crippen molar-refractivity contribution in [2.45, 2.75) is 26.2 Å². The first kappa shape index (κ1) is 12.6. The molecule has 0 N–H and O–H groups in total. The van der Waals surface area contributed by atoms with Gasteiger partial charge in [0.15, 0.2) is 0 Å². The first-order valence-corrected chi connectivity index (χ1v) is 6.89. The molecule has 0 saturated carbocycles. The van der Waals surface area contributed by atoms with Gasteiger partial charge in [-0.3, -0.25) is 9.69 Å². The molecule has 0 radical (unpaired) electrons. The number of benzene rings is 1. The molecule has 0 atom stereocenters. The maximum Gasteiger partial charge on any atom is 0.291 e. The molecule has 0 spiro atoms. The second-order valence-electron chi connectivity index (χ2n) is 5.08. The molecule has 1 aliphatic rings. The monoisotopic (exact) mass is 265 g/mol. The van der Waals surface area contributed by atoms with Gasteiger partial charge in [-0.15, -0.1) is 0 Å². The summed E-state index contributed by atoms with van der Waals surface area (Å²) >= 11 is 6.45. The molecule has 17 heavy (non-hydrogen) atoms. The van der Waals surface area contributed by atoms with Gasteiger partial charge in [0.05, 0.1) is 11.4 Å². The minimum absolute atomic E-state index is 0.0264. The van der Waals surface area contributed by atoms with Crippen molar-refractivity contribution in [3.05, 3.63) is 29.8 Å². The van der Waals surface area contributed by atoms with Crippen LogP contribution >= 0.6 is 24.0 Å². The van der Waals surface area contributed by atoms with E-state index in [4.69, 9.17) is 12.2 Å². The third-order valence-electron chi connectivity index (χ3n) is 2.74. The van der Waals surface area contributed by atoms with E-state index >= 15 is 0 Å². The van der Waals surface area contributed by atoms with Gasteiger partial charge in [-0.1, -0.05) is 56.9 Å². The molecule has 1 saturated heterocycles. The third kappa shape index (κ3) is 2.53. The molecule has 0 bridgehead atoms. The molecule has 2 nitrogen and oxygen atoms in total. The average Bonchev–Trinajstić information content (AvgIpc) is 2.58. The number of amides is 1. The van der Waals surface area contributed by atoms with E-state index in [1.54, 1.807) is 4.90 Å². The van der Waals surface area contributed by atoms with Crippen LogP contribution in [0, 0.1) is 0 Å². The normalized spacial score (nSPS) is 16.8. The molecule has 0 aliphatic carbocycles. The largest absolute Gasteiger partial charge is 0.291 e. The van der Waals surface area contributed by atoms with Gasteiger partial charge in [0.25, 0.3) is 5.24 Å². The lowest BCUT2D eigenvalue weighted by Gasteiger charge is -2.21. The molecule has 1 aliphatic heterocycles. The molecular weight excluding hydrogens is 250 g/mol. The van der Waals surface area contributed by atoms with Crippen molar-refractivity contribution in [2.24, 2.45) is 0 Å². The summed E-state index contributed by atoms with van der Waals surface area (Å²) in [6.07, 6.45) is 0. The Morgan fingerprint density at radius 2 is 1.82 bits per heavy atom. The number of thiocarbonyl (C=S) groups is 1. The van der Waals surface area contributed by atoms with Crippen molar-refractivity contribution in [2.75, 3.05) is 10.7 Å². The Bertz CT molecular complexity index is 443. The van der Waals surface area contributed by atoms with Crippen LogP contribution < -0.4 is 4.90 Å². The van der Waals surface area contributed by atoms with Gasteiger partial charge >= 0.3 is 0 Å². The second-order valence-corrected chi connectivity index (χ2v) is 6.48. The average molecular weight is 265 g/mol. The fourth-order valence-corrected chi connectivity index (χ4v) is 2.86. The van der Waals surface area contributed by atoms with Crippen molar-refractivity contribution in [3.63, 3.8) is 0 Å². The van der Waals surface area contributed by atoms with Crippen LogP contribution in [0.5, 0.6) is 0 Å². The third-order valence-corrected chi connectivity index (χ3v) is 4.10. The van der Waals surface area contributed by atoms with E-state index in [0.717, 1.165) is 5.69 Å². The minimum Gasteiger partial charge on any atom is -0.265 e. The quantitative estimate of drug-likeness (QED) is 0.716. The molecule has 1 fully saturated rings. The first-order valence-electron chi connectivity index (χ1n) is 5.50. The lowest BCUT2D eigenvalue weighted by molar-refractivity contribution is 0.268. The number of hydrogen-bond donors (Lipinski definition) is 0. The van der Waals surface area contributed by atoms with Crippen molar-refractivity contribution < 1.29 is 4.79 Å². The number of rotatable bonds is 1. The Balaban J connectivity index is 2.30. The zero-order valence-electron chi connectivity index (χ0n) is 10.2. The molecule has 4 heteroatoms. The molecular formula is C13H15NOS2.